The fraction of sp³-hybridized carbons (Fsp3) is 0.615. The lowest BCUT2D eigenvalue weighted by molar-refractivity contribution is 0.120. The van der Waals surface area contributed by atoms with Gasteiger partial charge < -0.3 is 10.6 Å². The van der Waals surface area contributed by atoms with Gasteiger partial charge in [0.1, 0.15) is 5.82 Å². The van der Waals surface area contributed by atoms with Crippen LogP contribution < -0.4 is 10.6 Å². The van der Waals surface area contributed by atoms with E-state index in [1.165, 1.54) is 32.4 Å². The molecule has 1 aromatic heterocycles. The summed E-state index contributed by atoms with van der Waals surface area (Å²) < 4.78 is 0. The van der Waals surface area contributed by atoms with Crippen molar-refractivity contribution in [2.24, 2.45) is 0 Å². The second kappa shape index (κ2) is 4.53. The Kier molecular flexibility index (Phi) is 2.89. The molecule has 2 heterocycles. The maximum atomic E-state index is 5.65. The minimum absolute atomic E-state index is 0.738. The minimum Gasteiger partial charge on any atom is -0.397 e. The van der Waals surface area contributed by atoms with E-state index in [0.717, 1.165) is 30.6 Å². The van der Waals surface area contributed by atoms with Gasteiger partial charge in [0.25, 0.3) is 0 Å². The summed E-state index contributed by atoms with van der Waals surface area (Å²) in [6, 6.07) is 4.83. The molecular formula is C13H20N4. The predicted molar refractivity (Wildman–Crippen MR) is 70.1 cm³/mol. The number of hydrogen-bond donors (Lipinski definition) is 1. The predicted octanol–water partition coefficient (Wildman–Crippen LogP) is 1.34. The van der Waals surface area contributed by atoms with E-state index in [9.17, 15) is 0 Å². The Morgan fingerprint density at radius 1 is 1.12 bits per heavy atom. The van der Waals surface area contributed by atoms with Crippen LogP contribution in [0.4, 0.5) is 11.5 Å². The van der Waals surface area contributed by atoms with Crippen LogP contribution in [0.5, 0.6) is 0 Å². The van der Waals surface area contributed by atoms with Crippen molar-refractivity contribution in [3.63, 3.8) is 0 Å². The van der Waals surface area contributed by atoms with Crippen molar-refractivity contribution < 1.29 is 0 Å². The molecule has 0 spiro atoms. The van der Waals surface area contributed by atoms with Gasteiger partial charge in [-0.3, -0.25) is 4.90 Å². The lowest BCUT2D eigenvalue weighted by atomic mass is 9.91. The summed E-state index contributed by atoms with van der Waals surface area (Å²) >= 11 is 0. The smallest absolute Gasteiger partial charge is 0.128 e. The number of hydrogen-bond acceptors (Lipinski definition) is 4. The molecule has 4 heteroatoms. The molecule has 92 valence electrons. The van der Waals surface area contributed by atoms with Crippen LogP contribution in [0.25, 0.3) is 0 Å². The Morgan fingerprint density at radius 2 is 1.88 bits per heavy atom. The van der Waals surface area contributed by atoms with Gasteiger partial charge >= 0.3 is 0 Å². The van der Waals surface area contributed by atoms with Crippen molar-refractivity contribution in [3.8, 4) is 0 Å². The van der Waals surface area contributed by atoms with Gasteiger partial charge in [0.15, 0.2) is 0 Å². The number of nitrogen functional groups attached to an aromatic ring is 1. The molecule has 0 aromatic carbocycles. The van der Waals surface area contributed by atoms with E-state index in [2.05, 4.69) is 14.8 Å². The van der Waals surface area contributed by atoms with Gasteiger partial charge in [0, 0.05) is 32.2 Å². The molecule has 0 radical (unpaired) electrons. The molecule has 0 atom stereocenters. The quantitative estimate of drug-likeness (QED) is 0.836. The van der Waals surface area contributed by atoms with Crippen LogP contribution in [-0.4, -0.2) is 42.1 Å². The molecule has 2 aliphatic rings. The molecule has 0 bridgehead atoms. The Balaban J connectivity index is 1.58. The molecule has 0 amide bonds. The van der Waals surface area contributed by atoms with E-state index in [1.807, 2.05) is 12.1 Å². The van der Waals surface area contributed by atoms with Crippen LogP contribution in [-0.2, 0) is 0 Å². The molecule has 1 aliphatic carbocycles. The van der Waals surface area contributed by atoms with E-state index in [1.54, 1.807) is 6.20 Å². The highest BCUT2D eigenvalue weighted by Crippen LogP contribution is 2.26. The van der Waals surface area contributed by atoms with Gasteiger partial charge in [0.2, 0.25) is 0 Å². The molecule has 4 nitrogen and oxygen atoms in total. The Hall–Kier alpha value is -1.29. The minimum atomic E-state index is 0.738. The van der Waals surface area contributed by atoms with E-state index in [4.69, 9.17) is 5.73 Å². The third kappa shape index (κ3) is 2.22. The van der Waals surface area contributed by atoms with Gasteiger partial charge in [-0.05, 0) is 25.0 Å². The maximum absolute atomic E-state index is 5.65. The van der Waals surface area contributed by atoms with E-state index in [0.29, 0.717) is 0 Å². The zero-order valence-corrected chi connectivity index (χ0v) is 10.2. The lowest BCUT2D eigenvalue weighted by Crippen LogP contribution is -2.52. The zero-order chi connectivity index (χ0) is 11.7. The van der Waals surface area contributed by atoms with Gasteiger partial charge in [0.05, 0.1) is 11.9 Å². The standard InChI is InChI=1S/C13H20N4/c14-11-4-5-13(15-10-11)17-8-6-16(7-9-17)12-2-1-3-12/h4-5,10,12H,1-3,6-9,14H2. The van der Waals surface area contributed by atoms with Crippen LogP contribution in [0.1, 0.15) is 19.3 Å². The molecular weight excluding hydrogens is 212 g/mol. The fourth-order valence-corrected chi connectivity index (χ4v) is 2.65. The Bertz CT molecular complexity index is 364. The summed E-state index contributed by atoms with van der Waals surface area (Å²) in [6.07, 6.45) is 5.97. The zero-order valence-electron chi connectivity index (χ0n) is 10.2. The van der Waals surface area contributed by atoms with Crippen molar-refractivity contribution in [2.45, 2.75) is 25.3 Å². The molecule has 17 heavy (non-hydrogen) atoms. The van der Waals surface area contributed by atoms with Gasteiger partial charge in [-0.2, -0.15) is 0 Å². The topological polar surface area (TPSA) is 45.4 Å². The van der Waals surface area contributed by atoms with E-state index in [-0.39, 0.29) is 0 Å². The maximum Gasteiger partial charge on any atom is 0.128 e. The first kappa shape index (κ1) is 10.8. The lowest BCUT2D eigenvalue weighted by Gasteiger charge is -2.43. The Morgan fingerprint density at radius 3 is 2.41 bits per heavy atom. The van der Waals surface area contributed by atoms with Gasteiger partial charge in [-0.25, -0.2) is 4.98 Å². The summed E-state index contributed by atoms with van der Waals surface area (Å²) in [5.74, 6) is 1.06. The molecule has 0 unspecified atom stereocenters. The monoisotopic (exact) mass is 232 g/mol. The molecule has 2 N–H and O–H groups in total. The van der Waals surface area contributed by atoms with Gasteiger partial charge in [-0.15, -0.1) is 0 Å². The molecule has 3 rings (SSSR count). The molecule has 1 saturated heterocycles. The number of rotatable bonds is 2. The van der Waals surface area contributed by atoms with Crippen molar-refractivity contribution in [1.29, 1.82) is 0 Å². The third-order valence-electron chi connectivity index (χ3n) is 4.00. The SMILES string of the molecule is Nc1ccc(N2CCN(C3CCC3)CC2)nc1. The first-order valence-corrected chi connectivity index (χ1v) is 6.53. The highest BCUT2D eigenvalue weighted by Gasteiger charge is 2.28. The summed E-state index contributed by atoms with van der Waals surface area (Å²) in [4.78, 5) is 9.38. The number of pyridine rings is 1. The highest BCUT2D eigenvalue weighted by atomic mass is 15.3. The second-order valence-electron chi connectivity index (χ2n) is 5.06. The number of piperazine rings is 1. The average Bonchev–Trinajstić information content (AvgIpc) is 2.29. The summed E-state index contributed by atoms with van der Waals surface area (Å²) in [5.41, 5.74) is 6.39. The van der Waals surface area contributed by atoms with Crippen molar-refractivity contribution >= 4 is 11.5 Å². The van der Waals surface area contributed by atoms with Crippen LogP contribution >= 0.6 is 0 Å². The largest absolute Gasteiger partial charge is 0.397 e. The molecule has 1 saturated carbocycles. The highest BCUT2D eigenvalue weighted by molar-refractivity contribution is 5.46. The summed E-state index contributed by atoms with van der Waals surface area (Å²) in [6.45, 7) is 4.54. The first-order chi connectivity index (χ1) is 8.33. The molecule has 2 fully saturated rings. The number of aromatic nitrogens is 1. The van der Waals surface area contributed by atoms with Crippen molar-refractivity contribution in [3.05, 3.63) is 18.3 Å². The normalized spacial score (nSPS) is 22.5. The van der Waals surface area contributed by atoms with Crippen LogP contribution in [0.3, 0.4) is 0 Å². The Labute approximate surface area is 102 Å². The average molecular weight is 232 g/mol. The van der Waals surface area contributed by atoms with E-state index >= 15 is 0 Å². The van der Waals surface area contributed by atoms with Crippen LogP contribution in [0.15, 0.2) is 18.3 Å². The second-order valence-corrected chi connectivity index (χ2v) is 5.06. The van der Waals surface area contributed by atoms with Crippen molar-refractivity contribution in [1.82, 2.24) is 9.88 Å². The third-order valence-corrected chi connectivity index (χ3v) is 4.00. The van der Waals surface area contributed by atoms with Crippen LogP contribution in [0.2, 0.25) is 0 Å². The number of nitrogens with two attached hydrogens (primary N) is 1. The summed E-state index contributed by atoms with van der Waals surface area (Å²) in [7, 11) is 0. The first-order valence-electron chi connectivity index (χ1n) is 6.53. The van der Waals surface area contributed by atoms with Crippen molar-refractivity contribution in [2.75, 3.05) is 36.8 Å². The van der Waals surface area contributed by atoms with Gasteiger partial charge in [-0.1, -0.05) is 6.42 Å². The van der Waals surface area contributed by atoms with Crippen LogP contribution in [0, 0.1) is 0 Å². The molecule has 1 aromatic rings. The molecule has 1 aliphatic heterocycles. The number of nitrogens with zero attached hydrogens (tertiary/aromatic N) is 3. The fourth-order valence-electron chi connectivity index (χ4n) is 2.65. The van der Waals surface area contributed by atoms with E-state index < -0.39 is 0 Å². The summed E-state index contributed by atoms with van der Waals surface area (Å²) in [5, 5.41) is 0. The number of anilines is 2.